The van der Waals surface area contributed by atoms with Gasteiger partial charge in [-0.05, 0) is 88.3 Å². The number of carboxylic acid groups (broad SMARTS) is 1. The van der Waals surface area contributed by atoms with E-state index in [1.165, 1.54) is 11.6 Å². The van der Waals surface area contributed by atoms with E-state index in [9.17, 15) is 14.7 Å². The third kappa shape index (κ3) is 9.84. The number of halogens is 1. The monoisotopic (exact) mass is 724 g/mol. The molecule has 0 saturated heterocycles. The number of amides is 1. The van der Waals surface area contributed by atoms with Crippen molar-refractivity contribution in [3.8, 4) is 34.1 Å². The average molecular weight is 725 g/mol. The number of carboxylic acids is 1. The number of ether oxygens (including phenoxy) is 2. The number of carbonyl (C=O) groups is 2. The molecule has 0 heterocycles. The normalized spacial score (nSPS) is 11.7. The summed E-state index contributed by atoms with van der Waals surface area (Å²) in [6.07, 6.45) is 0.0819. The molecular weight excluding hydrogens is 684 g/mol. The van der Waals surface area contributed by atoms with Gasteiger partial charge in [-0.15, -0.1) is 0 Å². The van der Waals surface area contributed by atoms with Crippen molar-refractivity contribution < 1.29 is 24.2 Å². The molecule has 8 heteroatoms. The molecule has 0 aliphatic carbocycles. The highest BCUT2D eigenvalue weighted by Crippen LogP contribution is 2.34. The summed E-state index contributed by atoms with van der Waals surface area (Å²) in [5, 5.41) is 16.5. The Kier molecular flexibility index (Phi) is 11.5. The standard InChI is InChI=1S/C45H41ClN2O5/c1-45(2,3)33-20-23-36(24-21-33)52-37-13-9-10-31(26-37)29-47-40-25-22-34(46)28-39(40)43(49)48-41(44(50)51)27-30-16-18-32(19-17-30)38-14-7-8-15-42(38)53-35-11-5-4-6-12-35/h4-26,28,41,47H,27,29H2,1-3H3,(H,48,49)(H,50,51). The van der Waals surface area contributed by atoms with Crippen LogP contribution >= 0.6 is 11.6 Å². The summed E-state index contributed by atoms with van der Waals surface area (Å²) in [5.74, 6) is 1.15. The van der Waals surface area contributed by atoms with Gasteiger partial charge in [-0.1, -0.05) is 117 Å². The lowest BCUT2D eigenvalue weighted by Gasteiger charge is -2.19. The van der Waals surface area contributed by atoms with Crippen molar-refractivity contribution in [1.82, 2.24) is 5.32 Å². The van der Waals surface area contributed by atoms with Gasteiger partial charge >= 0.3 is 5.97 Å². The molecule has 0 spiro atoms. The van der Waals surface area contributed by atoms with Crippen LogP contribution in [0.1, 0.15) is 47.8 Å². The minimum Gasteiger partial charge on any atom is -0.480 e. The highest BCUT2D eigenvalue weighted by atomic mass is 35.5. The summed E-state index contributed by atoms with van der Waals surface area (Å²) in [6.45, 7) is 6.90. The van der Waals surface area contributed by atoms with Crippen LogP contribution in [-0.4, -0.2) is 23.0 Å². The first-order chi connectivity index (χ1) is 25.5. The van der Waals surface area contributed by atoms with Crippen LogP contribution in [0.5, 0.6) is 23.0 Å². The maximum atomic E-state index is 13.6. The largest absolute Gasteiger partial charge is 0.480 e. The Bertz CT molecular complexity index is 2180. The SMILES string of the molecule is CC(C)(C)c1ccc(Oc2cccc(CNc3ccc(Cl)cc3C(=O)NC(Cc3ccc(-c4ccccc4Oc4ccccc4)cc3)C(=O)O)c2)cc1. The van der Waals surface area contributed by atoms with Gasteiger partial charge in [0.1, 0.15) is 29.0 Å². The second kappa shape index (κ2) is 16.5. The van der Waals surface area contributed by atoms with E-state index in [-0.39, 0.29) is 17.4 Å². The van der Waals surface area contributed by atoms with E-state index in [1.54, 1.807) is 12.1 Å². The number of anilines is 1. The molecule has 0 fully saturated rings. The van der Waals surface area contributed by atoms with Gasteiger partial charge in [-0.3, -0.25) is 4.79 Å². The van der Waals surface area contributed by atoms with E-state index >= 15 is 0 Å². The summed E-state index contributed by atoms with van der Waals surface area (Å²) >= 11 is 6.31. The quantitative estimate of drug-likeness (QED) is 0.110. The molecule has 1 amide bonds. The minimum atomic E-state index is -1.18. The van der Waals surface area contributed by atoms with Crippen molar-refractivity contribution in [3.63, 3.8) is 0 Å². The molecule has 0 saturated carbocycles. The molecule has 1 unspecified atom stereocenters. The zero-order chi connectivity index (χ0) is 37.4. The maximum Gasteiger partial charge on any atom is 0.326 e. The first-order valence-corrected chi connectivity index (χ1v) is 17.8. The van der Waals surface area contributed by atoms with Gasteiger partial charge in [0.15, 0.2) is 0 Å². The van der Waals surface area contributed by atoms with Crippen LogP contribution in [0.15, 0.2) is 146 Å². The van der Waals surface area contributed by atoms with Gasteiger partial charge in [0.05, 0.1) is 5.56 Å². The predicted molar refractivity (Wildman–Crippen MR) is 211 cm³/mol. The van der Waals surface area contributed by atoms with Crippen LogP contribution in [0, 0.1) is 0 Å². The number of para-hydroxylation sites is 2. The predicted octanol–water partition coefficient (Wildman–Crippen LogP) is 10.9. The molecule has 268 valence electrons. The van der Waals surface area contributed by atoms with E-state index in [0.29, 0.717) is 28.8 Å². The Morgan fingerprint density at radius 2 is 1.38 bits per heavy atom. The van der Waals surface area contributed by atoms with Crippen LogP contribution in [0.3, 0.4) is 0 Å². The number of hydrogen-bond acceptors (Lipinski definition) is 5. The highest BCUT2D eigenvalue weighted by molar-refractivity contribution is 6.31. The molecule has 0 radical (unpaired) electrons. The van der Waals surface area contributed by atoms with Crippen LogP contribution in [-0.2, 0) is 23.2 Å². The number of aliphatic carboxylic acids is 1. The molecule has 53 heavy (non-hydrogen) atoms. The van der Waals surface area contributed by atoms with E-state index in [4.69, 9.17) is 21.1 Å². The zero-order valence-electron chi connectivity index (χ0n) is 29.8. The summed E-state index contributed by atoms with van der Waals surface area (Å²) in [5.41, 5.74) is 5.52. The first-order valence-electron chi connectivity index (χ1n) is 17.4. The Hall–Kier alpha value is -6.05. The lowest BCUT2D eigenvalue weighted by atomic mass is 9.87. The van der Waals surface area contributed by atoms with Crippen molar-refractivity contribution in [2.75, 3.05) is 5.32 Å². The van der Waals surface area contributed by atoms with Crippen molar-refractivity contribution in [3.05, 3.63) is 173 Å². The van der Waals surface area contributed by atoms with Gasteiger partial charge in [0.25, 0.3) is 5.91 Å². The topological polar surface area (TPSA) is 96.9 Å². The van der Waals surface area contributed by atoms with Gasteiger partial charge in [-0.2, -0.15) is 0 Å². The second-order valence-corrected chi connectivity index (χ2v) is 14.2. The van der Waals surface area contributed by atoms with Crippen molar-refractivity contribution >= 4 is 29.2 Å². The third-order valence-electron chi connectivity index (χ3n) is 8.73. The van der Waals surface area contributed by atoms with E-state index < -0.39 is 17.9 Å². The summed E-state index contributed by atoms with van der Waals surface area (Å²) < 4.78 is 12.2. The molecule has 0 aliphatic heterocycles. The Balaban J connectivity index is 1.11. The second-order valence-electron chi connectivity index (χ2n) is 13.7. The van der Waals surface area contributed by atoms with Crippen molar-refractivity contribution in [2.24, 2.45) is 0 Å². The van der Waals surface area contributed by atoms with Gasteiger partial charge < -0.3 is 25.2 Å². The number of benzene rings is 6. The lowest BCUT2D eigenvalue weighted by Crippen LogP contribution is -2.42. The summed E-state index contributed by atoms with van der Waals surface area (Å²) in [7, 11) is 0. The number of nitrogens with one attached hydrogen (secondary N) is 2. The number of rotatable bonds is 13. The minimum absolute atomic E-state index is 0.0515. The molecule has 1 atom stereocenters. The van der Waals surface area contributed by atoms with Crippen LogP contribution in [0.4, 0.5) is 5.69 Å². The molecule has 6 aromatic rings. The molecule has 3 N–H and O–H groups in total. The Morgan fingerprint density at radius 1 is 0.698 bits per heavy atom. The maximum absolute atomic E-state index is 13.6. The highest BCUT2D eigenvalue weighted by Gasteiger charge is 2.23. The lowest BCUT2D eigenvalue weighted by molar-refractivity contribution is -0.139. The zero-order valence-corrected chi connectivity index (χ0v) is 30.6. The molecule has 7 nitrogen and oxygen atoms in total. The number of hydrogen-bond donors (Lipinski definition) is 3. The molecule has 6 rings (SSSR count). The fraction of sp³-hybridized carbons (Fsp3) is 0.156. The van der Waals surface area contributed by atoms with Crippen molar-refractivity contribution in [2.45, 2.75) is 45.2 Å². The Labute approximate surface area is 315 Å². The van der Waals surface area contributed by atoms with Crippen LogP contribution < -0.4 is 20.1 Å². The molecule has 0 aliphatic rings. The summed E-state index contributed by atoms with van der Waals surface area (Å²) in [4.78, 5) is 26.0. The Morgan fingerprint density at radius 3 is 2.09 bits per heavy atom. The fourth-order valence-corrected chi connectivity index (χ4v) is 6.01. The van der Waals surface area contributed by atoms with Crippen LogP contribution in [0.25, 0.3) is 11.1 Å². The van der Waals surface area contributed by atoms with Gasteiger partial charge in [-0.25, -0.2) is 4.79 Å². The number of carbonyl (C=O) groups excluding carboxylic acids is 1. The molecule has 0 bridgehead atoms. The molecular formula is C45H41ClN2O5. The van der Waals surface area contributed by atoms with Crippen molar-refractivity contribution in [1.29, 1.82) is 0 Å². The van der Waals surface area contributed by atoms with Gasteiger partial charge in [0, 0.05) is 29.2 Å². The summed E-state index contributed by atoms with van der Waals surface area (Å²) in [6, 6.07) is 44.4. The van der Waals surface area contributed by atoms with E-state index in [0.717, 1.165) is 33.8 Å². The van der Waals surface area contributed by atoms with Gasteiger partial charge in [0.2, 0.25) is 0 Å². The molecule has 6 aromatic carbocycles. The third-order valence-corrected chi connectivity index (χ3v) is 8.97. The fourth-order valence-electron chi connectivity index (χ4n) is 5.84. The molecule has 0 aromatic heterocycles. The van der Waals surface area contributed by atoms with Crippen LogP contribution in [0.2, 0.25) is 5.02 Å². The first kappa shape index (κ1) is 36.7. The smallest absolute Gasteiger partial charge is 0.326 e. The average Bonchev–Trinajstić information content (AvgIpc) is 3.15. The van der Waals surface area contributed by atoms with E-state index in [2.05, 4.69) is 43.5 Å². The van der Waals surface area contributed by atoms with E-state index in [1.807, 2.05) is 115 Å².